The molecule has 0 saturated carbocycles. The second kappa shape index (κ2) is 10.3. The molecule has 4 rings (SSSR count). The van der Waals surface area contributed by atoms with Crippen LogP contribution in [0.3, 0.4) is 0 Å². The number of pyridine rings is 1. The monoisotopic (exact) mass is 515 g/mol. The summed E-state index contributed by atoms with van der Waals surface area (Å²) in [5.74, 6) is -3.00. The molecule has 37 heavy (non-hydrogen) atoms. The second-order valence-electron chi connectivity index (χ2n) is 8.56. The highest BCUT2D eigenvalue weighted by molar-refractivity contribution is 5.91. The number of halogens is 3. The fraction of sp³-hybridized carbons (Fsp3) is 0.292. The molecule has 3 amide bonds. The van der Waals surface area contributed by atoms with Crippen molar-refractivity contribution in [3.05, 3.63) is 65.8 Å². The lowest BCUT2D eigenvalue weighted by atomic mass is 10.1. The van der Waals surface area contributed by atoms with Crippen molar-refractivity contribution in [1.82, 2.24) is 24.7 Å². The highest BCUT2D eigenvalue weighted by atomic mass is 19.1. The smallest absolute Gasteiger partial charge is 0.341 e. The number of likely N-dealkylation sites (tertiary alicyclic amines) is 1. The Kier molecular flexibility index (Phi) is 7.14. The Bertz CT molecular complexity index is 1340. The quantitative estimate of drug-likeness (QED) is 0.568. The molecule has 2 N–H and O–H groups in total. The number of allylic oxidation sites excluding steroid dienone is 3. The summed E-state index contributed by atoms with van der Waals surface area (Å²) in [7, 11) is 1.59. The average molecular weight is 515 g/mol. The van der Waals surface area contributed by atoms with Gasteiger partial charge in [-0.15, -0.1) is 0 Å². The average Bonchev–Trinajstić information content (AvgIpc) is 3.43. The number of nitrogens with zero attached hydrogens (tertiary/aromatic N) is 6. The van der Waals surface area contributed by atoms with Crippen LogP contribution in [0, 0.1) is 5.82 Å². The van der Waals surface area contributed by atoms with E-state index in [2.05, 4.69) is 21.8 Å². The Morgan fingerprint density at radius 3 is 2.62 bits per heavy atom. The Morgan fingerprint density at radius 2 is 1.97 bits per heavy atom. The summed E-state index contributed by atoms with van der Waals surface area (Å²) in [6.07, 6.45) is 4.12. The topological polar surface area (TPSA) is 119 Å². The van der Waals surface area contributed by atoms with E-state index in [1.807, 2.05) is 0 Å². The van der Waals surface area contributed by atoms with Gasteiger partial charge in [-0.25, -0.2) is 23.0 Å². The third-order valence-corrected chi connectivity index (χ3v) is 5.74. The van der Waals surface area contributed by atoms with E-state index in [1.165, 1.54) is 32.9 Å². The summed E-state index contributed by atoms with van der Waals surface area (Å²) in [4.78, 5) is 29.8. The Balaban J connectivity index is 1.39. The number of carbonyl (C=O) groups is 2. The van der Waals surface area contributed by atoms with Crippen LogP contribution in [0.15, 0.2) is 59.4 Å². The number of rotatable bonds is 7. The largest absolute Gasteiger partial charge is 0.483 e. The number of aryl methyl sites for hydroxylation is 1. The molecule has 0 unspecified atom stereocenters. The molecule has 0 bridgehead atoms. The van der Waals surface area contributed by atoms with Gasteiger partial charge in [0.05, 0.1) is 42.5 Å². The van der Waals surface area contributed by atoms with E-state index in [0.29, 0.717) is 17.8 Å². The predicted octanol–water partition coefficient (Wildman–Crippen LogP) is 3.25. The maximum absolute atomic E-state index is 14.4. The van der Waals surface area contributed by atoms with Crippen LogP contribution < -0.4 is 10.5 Å². The first-order valence-corrected chi connectivity index (χ1v) is 11.2. The number of hydrazone groups is 1. The zero-order valence-electron chi connectivity index (χ0n) is 20.1. The van der Waals surface area contributed by atoms with Crippen LogP contribution >= 0.6 is 0 Å². The lowest BCUT2D eigenvalue weighted by molar-refractivity contribution is 0.0273. The number of hydrogen-bond donors (Lipinski definition) is 1. The van der Waals surface area contributed by atoms with Crippen LogP contribution in [-0.4, -0.2) is 68.1 Å². The third-order valence-electron chi connectivity index (χ3n) is 5.74. The van der Waals surface area contributed by atoms with Gasteiger partial charge in [-0.05, 0) is 24.6 Å². The van der Waals surface area contributed by atoms with Crippen molar-refractivity contribution in [3.63, 3.8) is 0 Å². The van der Waals surface area contributed by atoms with Crippen LogP contribution in [0.5, 0.6) is 5.75 Å². The Hall–Kier alpha value is -4.42. The van der Waals surface area contributed by atoms with Gasteiger partial charge in [0, 0.05) is 31.8 Å². The van der Waals surface area contributed by atoms with Crippen molar-refractivity contribution in [1.29, 1.82) is 0 Å². The van der Waals surface area contributed by atoms with Crippen molar-refractivity contribution in [2.45, 2.75) is 25.5 Å². The van der Waals surface area contributed by atoms with Gasteiger partial charge in [-0.1, -0.05) is 6.58 Å². The maximum Gasteiger partial charge on any atom is 0.341 e. The number of urea groups is 1. The highest BCUT2D eigenvalue weighted by Gasteiger charge is 2.39. The lowest BCUT2D eigenvalue weighted by Crippen LogP contribution is -2.59. The number of amides is 3. The minimum absolute atomic E-state index is 0.0389. The third kappa shape index (κ3) is 5.55. The summed E-state index contributed by atoms with van der Waals surface area (Å²) in [6.45, 7) is 5.22. The molecule has 2 aliphatic heterocycles. The van der Waals surface area contributed by atoms with Crippen LogP contribution in [0.4, 0.5) is 18.0 Å². The number of hydrogen-bond acceptors (Lipinski definition) is 6. The first-order valence-electron chi connectivity index (χ1n) is 11.2. The first-order chi connectivity index (χ1) is 17.5. The van der Waals surface area contributed by atoms with Crippen molar-refractivity contribution in [3.8, 4) is 17.1 Å². The van der Waals surface area contributed by atoms with Gasteiger partial charge in [0.25, 0.3) is 5.91 Å². The normalized spacial score (nSPS) is 18.2. The molecule has 1 atom stereocenters. The molecule has 10 nitrogen and oxygen atoms in total. The Labute approximate surface area is 210 Å². The van der Waals surface area contributed by atoms with Gasteiger partial charge in [-0.2, -0.15) is 10.2 Å². The molecule has 2 aromatic heterocycles. The van der Waals surface area contributed by atoms with Crippen LogP contribution in [0.1, 0.15) is 23.8 Å². The van der Waals surface area contributed by atoms with Crippen molar-refractivity contribution in [2.24, 2.45) is 17.9 Å². The van der Waals surface area contributed by atoms with Crippen molar-refractivity contribution in [2.75, 3.05) is 13.1 Å². The van der Waals surface area contributed by atoms with Gasteiger partial charge in [0.15, 0.2) is 17.3 Å². The number of nitrogens with two attached hydrogens (primary N) is 1. The zero-order valence-corrected chi connectivity index (χ0v) is 20.1. The van der Waals surface area contributed by atoms with Gasteiger partial charge >= 0.3 is 6.03 Å². The summed E-state index contributed by atoms with van der Waals surface area (Å²) >= 11 is 0. The molecule has 1 saturated heterocycles. The maximum atomic E-state index is 14.4. The van der Waals surface area contributed by atoms with Crippen LogP contribution in [-0.2, 0) is 7.05 Å². The first kappa shape index (κ1) is 25.7. The minimum Gasteiger partial charge on any atom is -0.483 e. The molecular weight excluding hydrogens is 491 g/mol. The van der Waals surface area contributed by atoms with E-state index in [9.17, 15) is 22.8 Å². The van der Waals surface area contributed by atoms with E-state index in [0.717, 1.165) is 25.3 Å². The van der Waals surface area contributed by atoms with E-state index in [1.54, 1.807) is 7.05 Å². The minimum atomic E-state index is -0.822. The van der Waals surface area contributed by atoms with Gasteiger partial charge in [0.1, 0.15) is 11.9 Å². The number of carbonyl (C=O) groups excluding carboxylic acids is 2. The fourth-order valence-corrected chi connectivity index (χ4v) is 3.88. The summed E-state index contributed by atoms with van der Waals surface area (Å²) in [5.41, 5.74) is 6.31. The molecule has 4 heterocycles. The number of ether oxygens (including phenoxy) is 1. The molecule has 0 spiro atoms. The van der Waals surface area contributed by atoms with E-state index < -0.39 is 41.6 Å². The number of primary amides is 1. The molecule has 0 aromatic carbocycles. The molecule has 2 aliphatic rings. The predicted molar refractivity (Wildman–Crippen MR) is 128 cm³/mol. The van der Waals surface area contributed by atoms with E-state index >= 15 is 0 Å². The SMILES string of the molecule is C=C(/C=C(F)\C=C(/C)F)[C@@H]1CC=NN1C(=O)N1CC(Oc2cc(-c3cc(C(N)=O)nn3C)ncc2F)C1. The highest BCUT2D eigenvalue weighted by Crippen LogP contribution is 2.29. The molecule has 13 heteroatoms. The summed E-state index contributed by atoms with van der Waals surface area (Å²) < 4.78 is 48.3. The molecular formula is C24H24F3N7O3. The van der Waals surface area contributed by atoms with E-state index in [4.69, 9.17) is 10.5 Å². The fourth-order valence-electron chi connectivity index (χ4n) is 3.88. The van der Waals surface area contributed by atoms with E-state index in [-0.39, 0.29) is 30.1 Å². The van der Waals surface area contributed by atoms with Gasteiger partial charge < -0.3 is 15.4 Å². The number of aromatic nitrogens is 3. The van der Waals surface area contributed by atoms with Gasteiger partial charge in [-0.3, -0.25) is 14.5 Å². The molecule has 0 radical (unpaired) electrons. The van der Waals surface area contributed by atoms with Crippen molar-refractivity contribution >= 4 is 18.2 Å². The molecule has 1 fully saturated rings. The van der Waals surface area contributed by atoms with Crippen LogP contribution in [0.25, 0.3) is 11.4 Å². The molecule has 2 aromatic rings. The zero-order chi connectivity index (χ0) is 26.9. The lowest BCUT2D eigenvalue weighted by Gasteiger charge is -2.41. The summed E-state index contributed by atoms with van der Waals surface area (Å²) in [5, 5.41) is 9.24. The second-order valence-corrected chi connectivity index (χ2v) is 8.56. The van der Waals surface area contributed by atoms with Crippen molar-refractivity contribution < 1.29 is 27.5 Å². The Morgan fingerprint density at radius 1 is 1.24 bits per heavy atom. The van der Waals surface area contributed by atoms with Crippen LogP contribution in [0.2, 0.25) is 0 Å². The summed E-state index contributed by atoms with van der Waals surface area (Å²) in [6, 6.07) is 1.75. The molecule has 194 valence electrons. The standard InChI is InChI=1S/C24H24F3N7O3/c1-13(6-15(26)7-14(2)25)20-4-5-30-34(20)24(36)33-11-16(12-33)37-22-9-18(29-10-17(22)27)21-8-19(23(28)35)31-32(21)3/h5-10,16,20H,1,4,11-12H2,2-3H3,(H2,28,35)/b14-7+,15-6+/t20-/m0/s1. The molecule has 0 aliphatic carbocycles. The van der Waals surface area contributed by atoms with Gasteiger partial charge in [0.2, 0.25) is 0 Å².